The molecule has 3 rings (SSSR count). The molecule has 0 fully saturated rings. The Morgan fingerprint density at radius 2 is 0.760 bits per heavy atom. The van der Waals surface area contributed by atoms with Crippen LogP contribution in [-0.4, -0.2) is 22.2 Å². The SMILES string of the molecule is O=C(O)C(=O)O.c1ccc(N(c2ccccc2)c2ccccc2)cc1. The molecule has 0 radical (unpaired) electrons. The van der Waals surface area contributed by atoms with E-state index in [9.17, 15) is 0 Å². The van der Waals surface area contributed by atoms with Crippen LogP contribution in [0.25, 0.3) is 0 Å². The largest absolute Gasteiger partial charge is 0.473 e. The van der Waals surface area contributed by atoms with Gasteiger partial charge in [-0.15, -0.1) is 0 Å². The smallest absolute Gasteiger partial charge is 0.414 e. The number of hydrogen-bond donors (Lipinski definition) is 2. The quantitative estimate of drug-likeness (QED) is 0.697. The molecule has 0 bridgehead atoms. The maximum Gasteiger partial charge on any atom is 0.414 e. The maximum atomic E-state index is 9.10. The lowest BCUT2D eigenvalue weighted by Gasteiger charge is -2.25. The van der Waals surface area contributed by atoms with E-state index in [1.54, 1.807) is 0 Å². The molecule has 0 saturated heterocycles. The number of hydrogen-bond acceptors (Lipinski definition) is 3. The van der Waals surface area contributed by atoms with Gasteiger partial charge in [0.25, 0.3) is 0 Å². The van der Waals surface area contributed by atoms with E-state index in [0.29, 0.717) is 0 Å². The molecule has 0 aromatic heterocycles. The highest BCUT2D eigenvalue weighted by atomic mass is 16.4. The average Bonchev–Trinajstić information content (AvgIpc) is 2.65. The Kier molecular flexibility index (Phi) is 6.31. The Morgan fingerprint density at radius 3 is 0.960 bits per heavy atom. The van der Waals surface area contributed by atoms with Crippen LogP contribution >= 0.6 is 0 Å². The molecule has 0 heterocycles. The lowest BCUT2D eigenvalue weighted by molar-refractivity contribution is -0.159. The van der Waals surface area contributed by atoms with Crippen LogP contribution in [0, 0.1) is 0 Å². The second-order valence-corrected chi connectivity index (χ2v) is 4.95. The molecule has 0 unspecified atom stereocenters. The van der Waals surface area contributed by atoms with Crippen LogP contribution < -0.4 is 4.90 Å². The molecule has 5 nitrogen and oxygen atoms in total. The monoisotopic (exact) mass is 335 g/mol. The first-order valence-corrected chi connectivity index (χ1v) is 7.51. The number of rotatable bonds is 3. The van der Waals surface area contributed by atoms with Crippen molar-refractivity contribution in [3.63, 3.8) is 0 Å². The molecule has 3 aromatic carbocycles. The molecule has 5 heteroatoms. The molecular formula is C20H17NO4. The molecule has 0 aliphatic rings. The second-order valence-electron chi connectivity index (χ2n) is 4.95. The normalized spacial score (nSPS) is 9.44. The first kappa shape index (κ1) is 17.7. The minimum atomic E-state index is -1.82. The fourth-order valence-electron chi connectivity index (χ4n) is 2.18. The van der Waals surface area contributed by atoms with Crippen molar-refractivity contribution in [2.24, 2.45) is 0 Å². The Morgan fingerprint density at radius 1 is 0.520 bits per heavy atom. The molecule has 0 spiro atoms. The van der Waals surface area contributed by atoms with Gasteiger partial charge in [0, 0.05) is 17.1 Å². The van der Waals surface area contributed by atoms with Gasteiger partial charge in [0.15, 0.2) is 0 Å². The number of carboxylic acid groups (broad SMARTS) is 2. The van der Waals surface area contributed by atoms with Gasteiger partial charge >= 0.3 is 11.9 Å². The van der Waals surface area contributed by atoms with Gasteiger partial charge in [0.2, 0.25) is 0 Å². The van der Waals surface area contributed by atoms with Crippen LogP contribution in [0.3, 0.4) is 0 Å². The number of benzene rings is 3. The lowest BCUT2D eigenvalue weighted by atomic mass is 10.2. The summed E-state index contributed by atoms with van der Waals surface area (Å²) in [6.45, 7) is 0. The number of carbonyl (C=O) groups is 2. The Balaban J connectivity index is 0.000000326. The third kappa shape index (κ3) is 5.21. The number of anilines is 3. The van der Waals surface area contributed by atoms with E-state index in [0.717, 1.165) is 0 Å². The average molecular weight is 335 g/mol. The number of nitrogens with zero attached hydrogens (tertiary/aromatic N) is 1. The van der Waals surface area contributed by atoms with Crippen molar-refractivity contribution in [3.05, 3.63) is 91.0 Å². The predicted octanol–water partition coefficient (Wildman–Crippen LogP) is 4.31. The predicted molar refractivity (Wildman–Crippen MR) is 96.4 cm³/mol. The van der Waals surface area contributed by atoms with Crippen molar-refractivity contribution >= 4 is 29.0 Å². The van der Waals surface area contributed by atoms with E-state index < -0.39 is 11.9 Å². The summed E-state index contributed by atoms with van der Waals surface area (Å²) >= 11 is 0. The van der Waals surface area contributed by atoms with E-state index >= 15 is 0 Å². The summed E-state index contributed by atoms with van der Waals surface area (Å²) in [5.74, 6) is -3.65. The van der Waals surface area contributed by atoms with E-state index in [1.165, 1.54) is 17.1 Å². The first-order chi connectivity index (χ1) is 12.1. The highest BCUT2D eigenvalue weighted by Crippen LogP contribution is 2.33. The zero-order valence-corrected chi connectivity index (χ0v) is 13.3. The van der Waals surface area contributed by atoms with Crippen molar-refractivity contribution in [1.29, 1.82) is 0 Å². The summed E-state index contributed by atoms with van der Waals surface area (Å²) < 4.78 is 0. The first-order valence-electron chi connectivity index (χ1n) is 7.51. The highest BCUT2D eigenvalue weighted by Gasteiger charge is 2.10. The molecule has 126 valence electrons. The third-order valence-corrected chi connectivity index (χ3v) is 3.23. The minimum absolute atomic E-state index is 1.17. The Bertz CT molecular complexity index is 699. The van der Waals surface area contributed by atoms with E-state index in [2.05, 4.69) is 77.7 Å². The molecule has 0 saturated carbocycles. The number of carboxylic acids is 2. The molecule has 0 atom stereocenters. The van der Waals surface area contributed by atoms with E-state index in [4.69, 9.17) is 19.8 Å². The summed E-state index contributed by atoms with van der Waals surface area (Å²) in [4.78, 5) is 20.4. The van der Waals surface area contributed by atoms with E-state index in [-0.39, 0.29) is 0 Å². The number of aliphatic carboxylic acids is 2. The fourth-order valence-corrected chi connectivity index (χ4v) is 2.18. The molecule has 3 aromatic rings. The van der Waals surface area contributed by atoms with Crippen LogP contribution in [0.2, 0.25) is 0 Å². The zero-order valence-electron chi connectivity index (χ0n) is 13.3. The van der Waals surface area contributed by atoms with Gasteiger partial charge in [-0.1, -0.05) is 54.6 Å². The van der Waals surface area contributed by atoms with Crippen LogP contribution in [0.1, 0.15) is 0 Å². The van der Waals surface area contributed by atoms with Gasteiger partial charge in [0.05, 0.1) is 0 Å². The Labute approximate surface area is 145 Å². The van der Waals surface area contributed by atoms with Crippen molar-refractivity contribution in [2.45, 2.75) is 0 Å². The molecule has 0 aliphatic carbocycles. The standard InChI is InChI=1S/C18H15N.C2H2O4/c1-4-10-16(11-5-1)19(17-12-6-2-7-13-17)18-14-8-3-9-15-18;3-1(4)2(5)6/h1-15H;(H,3,4)(H,5,6). The minimum Gasteiger partial charge on any atom is -0.473 e. The van der Waals surface area contributed by atoms with Gasteiger partial charge in [0.1, 0.15) is 0 Å². The fraction of sp³-hybridized carbons (Fsp3) is 0. The van der Waals surface area contributed by atoms with Gasteiger partial charge in [-0.3, -0.25) is 0 Å². The van der Waals surface area contributed by atoms with Gasteiger partial charge in [-0.25, -0.2) is 9.59 Å². The van der Waals surface area contributed by atoms with Crippen LogP contribution in [0.5, 0.6) is 0 Å². The summed E-state index contributed by atoms with van der Waals surface area (Å²) in [5, 5.41) is 14.8. The summed E-state index contributed by atoms with van der Waals surface area (Å²) in [7, 11) is 0. The van der Waals surface area contributed by atoms with Crippen LogP contribution in [-0.2, 0) is 9.59 Å². The topological polar surface area (TPSA) is 77.8 Å². The van der Waals surface area contributed by atoms with Crippen molar-refractivity contribution in [3.8, 4) is 0 Å². The van der Waals surface area contributed by atoms with Gasteiger partial charge < -0.3 is 15.1 Å². The maximum absolute atomic E-state index is 9.10. The molecule has 0 aliphatic heterocycles. The summed E-state index contributed by atoms with van der Waals surface area (Å²) in [5.41, 5.74) is 3.50. The van der Waals surface area contributed by atoms with E-state index in [1.807, 2.05) is 18.2 Å². The third-order valence-electron chi connectivity index (χ3n) is 3.23. The zero-order chi connectivity index (χ0) is 18.1. The summed E-state index contributed by atoms with van der Waals surface area (Å²) in [6.07, 6.45) is 0. The van der Waals surface area contributed by atoms with Crippen molar-refractivity contribution in [1.82, 2.24) is 0 Å². The van der Waals surface area contributed by atoms with Crippen molar-refractivity contribution < 1.29 is 19.8 Å². The summed E-state index contributed by atoms with van der Waals surface area (Å²) in [6, 6.07) is 31.3. The lowest BCUT2D eigenvalue weighted by Crippen LogP contribution is -2.09. The van der Waals surface area contributed by atoms with Crippen molar-refractivity contribution in [2.75, 3.05) is 4.90 Å². The Hall–Kier alpha value is -3.60. The molecule has 25 heavy (non-hydrogen) atoms. The second kappa shape index (κ2) is 8.88. The van der Waals surface area contributed by atoms with Gasteiger partial charge in [-0.05, 0) is 36.4 Å². The molecule has 0 amide bonds. The highest BCUT2D eigenvalue weighted by molar-refractivity contribution is 6.27. The molecular weight excluding hydrogens is 318 g/mol. The van der Waals surface area contributed by atoms with Crippen LogP contribution in [0.4, 0.5) is 17.1 Å². The van der Waals surface area contributed by atoms with Crippen LogP contribution in [0.15, 0.2) is 91.0 Å². The molecule has 2 N–H and O–H groups in total. The number of para-hydroxylation sites is 3. The van der Waals surface area contributed by atoms with Gasteiger partial charge in [-0.2, -0.15) is 0 Å².